The van der Waals surface area contributed by atoms with Gasteiger partial charge < -0.3 is 0 Å². The lowest BCUT2D eigenvalue weighted by Crippen LogP contribution is -2.31. The van der Waals surface area contributed by atoms with Crippen LogP contribution in [0.3, 0.4) is 0 Å². The second-order valence-corrected chi connectivity index (χ2v) is 11.1. The molecule has 4 nitrogen and oxygen atoms in total. The molecule has 2 aliphatic carbocycles. The fourth-order valence-electron chi connectivity index (χ4n) is 4.91. The number of aromatic nitrogens is 4. The molecule has 0 fully saturated rings. The van der Waals surface area contributed by atoms with E-state index in [1.807, 2.05) is 0 Å². The van der Waals surface area contributed by atoms with Crippen LogP contribution in [-0.4, -0.2) is 20.6 Å². The van der Waals surface area contributed by atoms with Crippen molar-refractivity contribution in [2.75, 3.05) is 11.5 Å². The predicted molar refractivity (Wildman–Crippen MR) is 119 cm³/mol. The summed E-state index contributed by atoms with van der Waals surface area (Å²) in [6, 6.07) is 0. The van der Waals surface area contributed by atoms with Gasteiger partial charge in [-0.25, -0.2) is 18.3 Å². The van der Waals surface area contributed by atoms with Gasteiger partial charge in [-0.1, -0.05) is 21.6 Å². The van der Waals surface area contributed by atoms with Gasteiger partial charge in [-0.05, 0) is 38.5 Å². The lowest BCUT2D eigenvalue weighted by atomic mass is 10.0. The summed E-state index contributed by atoms with van der Waals surface area (Å²) in [6.45, 7) is 2.37. The molecule has 0 saturated heterocycles. The van der Waals surface area contributed by atoms with Crippen molar-refractivity contribution in [1.82, 2.24) is 9.13 Å². The van der Waals surface area contributed by atoms with E-state index in [1.165, 1.54) is 88.8 Å². The molecule has 0 atom stereocenters. The summed E-state index contributed by atoms with van der Waals surface area (Å²) in [5.41, 5.74) is 6.37. The Kier molecular flexibility index (Phi) is 7.10. The van der Waals surface area contributed by atoms with Gasteiger partial charge in [0, 0.05) is 37.2 Å². The first-order valence-electron chi connectivity index (χ1n) is 11.1. The Hall–Kier alpha value is -0.880. The van der Waals surface area contributed by atoms with Gasteiger partial charge in [0.25, 0.3) is 0 Å². The van der Waals surface area contributed by atoms with Crippen LogP contribution in [0.25, 0.3) is 0 Å². The van der Waals surface area contributed by atoms with E-state index in [-0.39, 0.29) is 0 Å². The van der Waals surface area contributed by atoms with E-state index in [1.54, 1.807) is 22.8 Å². The number of hydrogen-bond donors (Lipinski definition) is 0. The number of hydrogen-bond acceptors (Lipinski definition) is 2. The largest absolute Gasteiger partial charge is 0.243 e. The Bertz CT molecular complexity index is 727. The SMILES string of the molecule is C[n+]1cn(CCCSSCCCn2c[n+](C)c3c2CCCC3)c2c1CCCC2. The van der Waals surface area contributed by atoms with Crippen LogP contribution in [-0.2, 0) is 52.9 Å². The summed E-state index contributed by atoms with van der Waals surface area (Å²) in [5, 5.41) is 0. The zero-order valence-electron chi connectivity index (χ0n) is 17.7. The van der Waals surface area contributed by atoms with Crippen molar-refractivity contribution in [3.8, 4) is 0 Å². The van der Waals surface area contributed by atoms with Crippen molar-refractivity contribution in [3.05, 3.63) is 35.4 Å². The average Bonchev–Trinajstić information content (AvgIpc) is 3.22. The van der Waals surface area contributed by atoms with Gasteiger partial charge in [-0.3, -0.25) is 0 Å². The van der Waals surface area contributed by atoms with Crippen LogP contribution >= 0.6 is 21.6 Å². The molecule has 4 rings (SSSR count). The Morgan fingerprint density at radius 2 is 1.14 bits per heavy atom. The van der Waals surface area contributed by atoms with Crippen LogP contribution in [0.1, 0.15) is 61.3 Å². The molecule has 0 saturated carbocycles. The highest BCUT2D eigenvalue weighted by Gasteiger charge is 2.24. The van der Waals surface area contributed by atoms with E-state index in [4.69, 9.17) is 0 Å². The van der Waals surface area contributed by atoms with E-state index in [0.29, 0.717) is 0 Å². The van der Waals surface area contributed by atoms with Crippen LogP contribution in [0, 0.1) is 0 Å². The van der Waals surface area contributed by atoms with Crippen LogP contribution in [0.4, 0.5) is 0 Å². The molecule has 0 N–H and O–H groups in total. The number of nitrogens with zero attached hydrogens (tertiary/aromatic N) is 4. The monoisotopic (exact) mass is 420 g/mol. The van der Waals surface area contributed by atoms with Crippen molar-refractivity contribution in [3.63, 3.8) is 0 Å². The summed E-state index contributed by atoms with van der Waals surface area (Å²) in [5.74, 6) is 2.52. The summed E-state index contributed by atoms with van der Waals surface area (Å²) in [6.07, 6.45) is 17.8. The molecule has 0 aromatic carbocycles. The predicted octanol–water partition coefficient (Wildman–Crippen LogP) is 3.56. The molecule has 0 amide bonds. The Morgan fingerprint density at radius 3 is 1.61 bits per heavy atom. The van der Waals surface area contributed by atoms with E-state index < -0.39 is 0 Å². The van der Waals surface area contributed by atoms with Crippen molar-refractivity contribution in [1.29, 1.82) is 0 Å². The fraction of sp³-hybridized carbons (Fsp3) is 0.727. The lowest BCUT2D eigenvalue weighted by molar-refractivity contribution is -0.678. The van der Waals surface area contributed by atoms with Crippen molar-refractivity contribution in [2.24, 2.45) is 14.1 Å². The van der Waals surface area contributed by atoms with Gasteiger partial charge in [0.15, 0.2) is 0 Å². The zero-order valence-corrected chi connectivity index (χ0v) is 19.3. The smallest absolute Gasteiger partial charge is 0.236 e. The minimum Gasteiger partial charge on any atom is -0.236 e. The lowest BCUT2D eigenvalue weighted by Gasteiger charge is -2.09. The van der Waals surface area contributed by atoms with Gasteiger partial charge >= 0.3 is 0 Å². The minimum absolute atomic E-state index is 1.18. The molecular weight excluding hydrogens is 384 g/mol. The van der Waals surface area contributed by atoms with Crippen LogP contribution < -0.4 is 9.13 Å². The normalized spacial score (nSPS) is 16.2. The summed E-state index contributed by atoms with van der Waals surface area (Å²) >= 11 is 0. The molecule has 28 heavy (non-hydrogen) atoms. The highest BCUT2D eigenvalue weighted by atomic mass is 33.1. The maximum absolute atomic E-state index is 2.52. The molecule has 0 spiro atoms. The molecule has 0 bridgehead atoms. The topological polar surface area (TPSA) is 17.6 Å². The average molecular weight is 421 g/mol. The number of rotatable bonds is 9. The number of imidazole rings is 2. The van der Waals surface area contributed by atoms with Crippen molar-refractivity contribution in [2.45, 2.75) is 77.3 Å². The molecule has 2 aliphatic rings. The third-order valence-electron chi connectivity index (χ3n) is 6.33. The third-order valence-corrected chi connectivity index (χ3v) is 8.90. The quantitative estimate of drug-likeness (QED) is 0.351. The summed E-state index contributed by atoms with van der Waals surface area (Å²) in [4.78, 5) is 0. The summed E-state index contributed by atoms with van der Waals surface area (Å²) in [7, 11) is 8.57. The highest BCUT2D eigenvalue weighted by Crippen LogP contribution is 2.25. The van der Waals surface area contributed by atoms with Crippen molar-refractivity contribution < 1.29 is 9.13 Å². The van der Waals surface area contributed by atoms with E-state index >= 15 is 0 Å². The van der Waals surface area contributed by atoms with Crippen LogP contribution in [0.15, 0.2) is 12.7 Å². The van der Waals surface area contributed by atoms with Gasteiger partial charge in [0.05, 0.1) is 27.2 Å². The second kappa shape index (κ2) is 9.75. The Labute approximate surface area is 178 Å². The van der Waals surface area contributed by atoms with E-state index in [9.17, 15) is 0 Å². The minimum atomic E-state index is 1.18. The van der Waals surface area contributed by atoms with Gasteiger partial charge in [0.2, 0.25) is 12.7 Å². The van der Waals surface area contributed by atoms with Gasteiger partial charge in [-0.15, -0.1) is 0 Å². The second-order valence-electron chi connectivity index (χ2n) is 8.39. The molecule has 2 aromatic rings. The fourth-order valence-corrected chi connectivity index (χ4v) is 7.06. The number of fused-ring (bicyclic) bond motifs is 2. The zero-order chi connectivity index (χ0) is 19.3. The van der Waals surface area contributed by atoms with E-state index in [2.05, 4.69) is 66.6 Å². The summed E-state index contributed by atoms with van der Waals surface area (Å²) < 4.78 is 9.76. The molecule has 0 radical (unpaired) electrons. The van der Waals surface area contributed by atoms with E-state index in [0.717, 1.165) is 0 Å². The number of aryl methyl sites for hydroxylation is 4. The highest BCUT2D eigenvalue weighted by molar-refractivity contribution is 8.76. The molecule has 2 aromatic heterocycles. The van der Waals surface area contributed by atoms with Gasteiger partial charge in [0.1, 0.15) is 22.8 Å². The molecular formula is C22H36N4S2+2. The van der Waals surface area contributed by atoms with Crippen LogP contribution in [0.2, 0.25) is 0 Å². The van der Waals surface area contributed by atoms with Gasteiger partial charge in [-0.2, -0.15) is 0 Å². The first kappa shape index (κ1) is 20.4. The Morgan fingerprint density at radius 1 is 0.714 bits per heavy atom. The van der Waals surface area contributed by atoms with Crippen molar-refractivity contribution >= 4 is 21.6 Å². The molecule has 0 unspecified atom stereocenters. The maximum Gasteiger partial charge on any atom is 0.243 e. The standard InChI is InChI=1S/C22H36N4S2/c1-23-17-25(21-11-5-3-9-19(21)23)13-7-15-27-28-16-8-14-26-18-24(2)20-10-4-6-12-22(20)26/h17-18H,3-16H2,1-2H3/q+2. The molecule has 0 aliphatic heterocycles. The molecule has 6 heteroatoms. The molecule has 154 valence electrons. The molecule has 2 heterocycles. The first-order chi connectivity index (χ1) is 13.7. The third kappa shape index (κ3) is 4.64. The first-order valence-corrected chi connectivity index (χ1v) is 13.6. The maximum atomic E-state index is 2.52. The van der Waals surface area contributed by atoms with Crippen LogP contribution in [0.5, 0.6) is 0 Å². The Balaban J connectivity index is 1.12.